The van der Waals surface area contributed by atoms with Crippen LogP contribution >= 0.6 is 0 Å². The summed E-state index contributed by atoms with van der Waals surface area (Å²) < 4.78 is 10.7. The molecule has 1 N–H and O–H groups in total. The number of aryl methyl sites for hydroxylation is 1. The number of hydrogen-bond donors (Lipinski definition) is 1. The molecule has 0 bridgehead atoms. The molecule has 0 saturated carbocycles. The third-order valence-corrected chi connectivity index (χ3v) is 3.96. The Kier molecular flexibility index (Phi) is 5.22. The quantitative estimate of drug-likeness (QED) is 0.715. The molecule has 6 heteroatoms. The highest BCUT2D eigenvalue weighted by Crippen LogP contribution is 2.31. The Labute approximate surface area is 153 Å². The summed E-state index contributed by atoms with van der Waals surface area (Å²) >= 11 is 0. The Balaban J connectivity index is 1.91. The van der Waals surface area contributed by atoms with E-state index in [2.05, 4.69) is 15.3 Å². The second-order valence-electron chi connectivity index (χ2n) is 5.78. The normalized spacial score (nSPS) is 10.3. The Bertz CT molecular complexity index is 884. The molecule has 3 aromatic rings. The van der Waals surface area contributed by atoms with E-state index >= 15 is 0 Å². The molecule has 0 radical (unpaired) electrons. The molecule has 1 heterocycles. The maximum absolute atomic E-state index is 5.44. The molecule has 0 spiro atoms. The fourth-order valence-corrected chi connectivity index (χ4v) is 2.57. The molecule has 26 heavy (non-hydrogen) atoms. The van der Waals surface area contributed by atoms with Crippen LogP contribution in [-0.4, -0.2) is 31.2 Å². The van der Waals surface area contributed by atoms with Crippen molar-refractivity contribution in [3.8, 4) is 11.5 Å². The van der Waals surface area contributed by atoms with Crippen LogP contribution in [0.5, 0.6) is 11.5 Å². The van der Waals surface area contributed by atoms with Crippen LogP contribution in [0.15, 0.2) is 54.6 Å². The summed E-state index contributed by atoms with van der Waals surface area (Å²) in [6.45, 7) is 1.94. The van der Waals surface area contributed by atoms with Crippen LogP contribution in [0.25, 0.3) is 0 Å². The van der Waals surface area contributed by atoms with E-state index in [4.69, 9.17) is 9.47 Å². The number of aromatic nitrogens is 2. The lowest BCUT2D eigenvalue weighted by Crippen LogP contribution is -2.14. The van der Waals surface area contributed by atoms with E-state index in [1.165, 1.54) is 0 Å². The smallest absolute Gasteiger partial charge is 0.231 e. The molecular formula is C20H22N4O2. The van der Waals surface area contributed by atoms with Gasteiger partial charge in [-0.05, 0) is 31.2 Å². The number of benzene rings is 2. The van der Waals surface area contributed by atoms with Crippen molar-refractivity contribution in [1.82, 2.24) is 9.97 Å². The number of hydrogen-bond acceptors (Lipinski definition) is 6. The first kappa shape index (κ1) is 17.5. The lowest BCUT2D eigenvalue weighted by molar-refractivity contribution is 0.395. The molecule has 2 aromatic carbocycles. The number of ether oxygens (including phenoxy) is 2. The van der Waals surface area contributed by atoms with Crippen LogP contribution in [-0.2, 0) is 0 Å². The number of nitrogens with one attached hydrogen (secondary N) is 1. The highest BCUT2D eigenvalue weighted by Gasteiger charge is 2.11. The van der Waals surface area contributed by atoms with Gasteiger partial charge in [0.25, 0.3) is 0 Å². The molecule has 1 aromatic heterocycles. The van der Waals surface area contributed by atoms with Crippen molar-refractivity contribution in [1.29, 1.82) is 0 Å². The van der Waals surface area contributed by atoms with Crippen LogP contribution < -0.4 is 19.7 Å². The molecule has 0 aliphatic carbocycles. The second-order valence-corrected chi connectivity index (χ2v) is 5.78. The lowest BCUT2D eigenvalue weighted by atomic mass is 10.2. The molecule has 3 rings (SSSR count). The number of methoxy groups -OCH3 is 2. The van der Waals surface area contributed by atoms with E-state index in [1.54, 1.807) is 14.2 Å². The lowest BCUT2D eigenvalue weighted by Gasteiger charge is -2.19. The highest BCUT2D eigenvalue weighted by molar-refractivity contribution is 5.67. The molecule has 0 fully saturated rings. The van der Waals surface area contributed by atoms with E-state index in [0.29, 0.717) is 17.5 Å². The number of anilines is 4. The fraction of sp³-hybridized carbons (Fsp3) is 0.200. The zero-order chi connectivity index (χ0) is 18.5. The third kappa shape index (κ3) is 3.85. The molecule has 0 unspecified atom stereocenters. The predicted octanol–water partition coefficient (Wildman–Crippen LogP) is 4.31. The molecule has 0 saturated heterocycles. The summed E-state index contributed by atoms with van der Waals surface area (Å²) in [5.74, 6) is 2.72. The Morgan fingerprint density at radius 1 is 0.923 bits per heavy atom. The van der Waals surface area contributed by atoms with E-state index < -0.39 is 0 Å². The molecule has 134 valence electrons. The minimum Gasteiger partial charge on any atom is -0.497 e. The van der Waals surface area contributed by atoms with Crippen molar-refractivity contribution in [2.45, 2.75) is 6.92 Å². The minimum atomic E-state index is 0.617. The summed E-state index contributed by atoms with van der Waals surface area (Å²) in [4.78, 5) is 11.1. The SMILES string of the molecule is COc1ccc(Nc2cc(C)nc(N(C)c3ccccc3)n2)c(OC)c1. The largest absolute Gasteiger partial charge is 0.497 e. The minimum absolute atomic E-state index is 0.617. The van der Waals surface area contributed by atoms with Crippen LogP contribution in [0, 0.1) is 6.92 Å². The maximum Gasteiger partial charge on any atom is 0.231 e. The zero-order valence-corrected chi connectivity index (χ0v) is 15.4. The Morgan fingerprint density at radius 3 is 2.38 bits per heavy atom. The molecule has 0 aliphatic rings. The van der Waals surface area contributed by atoms with Gasteiger partial charge in [0.05, 0.1) is 19.9 Å². The average Bonchev–Trinajstić information content (AvgIpc) is 2.68. The van der Waals surface area contributed by atoms with Crippen molar-refractivity contribution in [2.24, 2.45) is 0 Å². The number of para-hydroxylation sites is 1. The Hall–Kier alpha value is -3.28. The van der Waals surface area contributed by atoms with E-state index in [9.17, 15) is 0 Å². The molecular weight excluding hydrogens is 328 g/mol. The summed E-state index contributed by atoms with van der Waals surface area (Å²) in [6.07, 6.45) is 0. The van der Waals surface area contributed by atoms with Gasteiger partial charge >= 0.3 is 0 Å². The van der Waals surface area contributed by atoms with Crippen LogP contribution in [0.2, 0.25) is 0 Å². The summed E-state index contributed by atoms with van der Waals surface area (Å²) in [6, 6.07) is 17.5. The number of nitrogens with zero attached hydrogens (tertiary/aromatic N) is 3. The Morgan fingerprint density at radius 2 is 1.69 bits per heavy atom. The van der Waals surface area contributed by atoms with Gasteiger partial charge in [0.15, 0.2) is 0 Å². The van der Waals surface area contributed by atoms with Crippen molar-refractivity contribution in [3.05, 3.63) is 60.3 Å². The van der Waals surface area contributed by atoms with E-state index in [0.717, 1.165) is 22.8 Å². The zero-order valence-electron chi connectivity index (χ0n) is 15.4. The fourth-order valence-electron chi connectivity index (χ4n) is 2.57. The van der Waals surface area contributed by atoms with Crippen molar-refractivity contribution < 1.29 is 9.47 Å². The van der Waals surface area contributed by atoms with Crippen LogP contribution in [0.3, 0.4) is 0 Å². The monoisotopic (exact) mass is 350 g/mol. The van der Waals surface area contributed by atoms with Gasteiger partial charge < -0.3 is 19.7 Å². The standard InChI is InChI=1S/C20H22N4O2/c1-14-12-19(22-17-11-10-16(25-3)13-18(17)26-4)23-20(21-14)24(2)15-8-6-5-7-9-15/h5-13H,1-4H3,(H,21,22,23). The first-order chi connectivity index (χ1) is 12.6. The molecule has 0 atom stereocenters. The van der Waals surface area contributed by atoms with Gasteiger partial charge in [-0.15, -0.1) is 0 Å². The highest BCUT2D eigenvalue weighted by atomic mass is 16.5. The first-order valence-electron chi connectivity index (χ1n) is 8.24. The van der Waals surface area contributed by atoms with E-state index in [1.807, 2.05) is 73.5 Å². The summed E-state index contributed by atoms with van der Waals surface area (Å²) in [5, 5.41) is 3.30. The van der Waals surface area contributed by atoms with Crippen molar-refractivity contribution in [3.63, 3.8) is 0 Å². The maximum atomic E-state index is 5.44. The van der Waals surface area contributed by atoms with Gasteiger partial charge in [-0.2, -0.15) is 4.98 Å². The van der Waals surface area contributed by atoms with Crippen LogP contribution in [0.4, 0.5) is 23.1 Å². The van der Waals surface area contributed by atoms with Gasteiger partial charge in [-0.1, -0.05) is 18.2 Å². The summed E-state index contributed by atoms with van der Waals surface area (Å²) in [5.41, 5.74) is 2.69. The van der Waals surface area contributed by atoms with E-state index in [-0.39, 0.29) is 0 Å². The first-order valence-corrected chi connectivity index (χ1v) is 8.24. The molecule has 0 amide bonds. The summed E-state index contributed by atoms with van der Waals surface area (Å²) in [7, 11) is 5.20. The van der Waals surface area contributed by atoms with Crippen molar-refractivity contribution in [2.75, 3.05) is 31.5 Å². The molecule has 0 aliphatic heterocycles. The average molecular weight is 350 g/mol. The van der Waals surface area contributed by atoms with Gasteiger partial charge in [-0.3, -0.25) is 0 Å². The van der Waals surface area contributed by atoms with Gasteiger partial charge in [-0.25, -0.2) is 4.98 Å². The van der Waals surface area contributed by atoms with Crippen LogP contribution in [0.1, 0.15) is 5.69 Å². The van der Waals surface area contributed by atoms with Gasteiger partial charge in [0.2, 0.25) is 5.95 Å². The molecule has 6 nitrogen and oxygen atoms in total. The predicted molar refractivity (Wildman–Crippen MR) is 104 cm³/mol. The topological polar surface area (TPSA) is 59.5 Å². The third-order valence-electron chi connectivity index (χ3n) is 3.96. The van der Waals surface area contributed by atoms with Crippen molar-refractivity contribution >= 4 is 23.1 Å². The number of rotatable bonds is 6. The van der Waals surface area contributed by atoms with Gasteiger partial charge in [0, 0.05) is 30.6 Å². The van der Waals surface area contributed by atoms with Gasteiger partial charge in [0.1, 0.15) is 17.3 Å². The second kappa shape index (κ2) is 7.74.